The van der Waals surface area contributed by atoms with Gasteiger partial charge in [-0.3, -0.25) is 4.79 Å². The lowest BCUT2D eigenvalue weighted by Crippen LogP contribution is -2.29. The van der Waals surface area contributed by atoms with E-state index in [1.807, 2.05) is 0 Å². The van der Waals surface area contributed by atoms with Gasteiger partial charge in [0.1, 0.15) is 6.61 Å². The van der Waals surface area contributed by atoms with E-state index in [1.54, 1.807) is 30.3 Å². The Hall–Kier alpha value is -2.79. The predicted molar refractivity (Wildman–Crippen MR) is 88.3 cm³/mol. The molecule has 2 rings (SSSR count). The fourth-order valence-electron chi connectivity index (χ4n) is 1.92. The van der Waals surface area contributed by atoms with Crippen LogP contribution in [-0.4, -0.2) is 25.5 Å². The number of carboxylic acids is 1. The Morgan fingerprint density at radius 1 is 1.12 bits per heavy atom. The molecule has 0 unspecified atom stereocenters. The van der Waals surface area contributed by atoms with Crippen molar-refractivity contribution < 1.29 is 24.2 Å². The van der Waals surface area contributed by atoms with Gasteiger partial charge in [0.05, 0.1) is 13.1 Å². The molecule has 0 heterocycles. The minimum Gasteiger partial charge on any atom is -0.546 e. The molecule has 5 nitrogen and oxygen atoms in total. The summed E-state index contributed by atoms with van der Waals surface area (Å²) in [5, 5.41) is 11.1. The van der Waals surface area contributed by atoms with Crippen LogP contribution in [0.3, 0.4) is 0 Å². The molecular weight excluding hydrogens is 332 g/mol. The van der Waals surface area contributed by atoms with Gasteiger partial charge in [0.25, 0.3) is 0 Å². The first-order chi connectivity index (χ1) is 11.5. The second kappa shape index (κ2) is 8.17. The van der Waals surface area contributed by atoms with Gasteiger partial charge in [-0.1, -0.05) is 29.8 Å². The predicted octanol–water partition coefficient (Wildman–Crippen LogP) is 2.37. The van der Waals surface area contributed by atoms with Crippen molar-refractivity contribution in [3.63, 3.8) is 0 Å². The molecule has 0 aliphatic rings. The number of allylic oxidation sites excluding steroid dienone is 1. The lowest BCUT2D eigenvalue weighted by molar-refractivity contribution is -0.307. The molecule has 2 aromatic rings. The monoisotopic (exact) mass is 345 g/mol. The third kappa shape index (κ3) is 4.86. The Balaban J connectivity index is 2.14. The number of rotatable bonds is 7. The summed E-state index contributed by atoms with van der Waals surface area (Å²) in [6.07, 6.45) is 3.10. The van der Waals surface area contributed by atoms with Crippen LogP contribution >= 0.6 is 11.6 Å². The fraction of sp³-hybridized carbons (Fsp3) is 0.111. The Morgan fingerprint density at radius 3 is 2.46 bits per heavy atom. The number of halogens is 1. The summed E-state index contributed by atoms with van der Waals surface area (Å²) in [5.74, 6) is -1.08. The molecule has 2 aromatic carbocycles. The Morgan fingerprint density at radius 2 is 1.83 bits per heavy atom. The van der Waals surface area contributed by atoms with E-state index in [2.05, 4.69) is 0 Å². The van der Waals surface area contributed by atoms with Crippen LogP contribution < -0.4 is 14.6 Å². The maximum Gasteiger partial charge on any atom is 0.185 e. The average Bonchev–Trinajstić information content (AvgIpc) is 2.59. The highest BCUT2D eigenvalue weighted by Crippen LogP contribution is 2.28. The summed E-state index contributed by atoms with van der Waals surface area (Å²) < 4.78 is 10.2. The Bertz CT molecular complexity index is 765. The molecule has 0 aromatic heterocycles. The Kier molecular flexibility index (Phi) is 5.98. The number of ether oxygens (including phenoxy) is 2. The molecule has 0 radical (unpaired) electrons. The molecule has 0 saturated carbocycles. The number of carbonyl (C=O) groups is 2. The zero-order chi connectivity index (χ0) is 17.5. The molecule has 0 saturated heterocycles. The Labute approximate surface area is 144 Å². The maximum atomic E-state index is 12.2. The molecule has 124 valence electrons. The van der Waals surface area contributed by atoms with E-state index in [9.17, 15) is 14.7 Å². The zero-order valence-corrected chi connectivity index (χ0v) is 13.6. The average molecular weight is 346 g/mol. The number of hydrogen-bond donors (Lipinski definition) is 0. The lowest BCUT2D eigenvalue weighted by atomic mass is 10.1. The van der Waals surface area contributed by atoms with Crippen LogP contribution in [0.5, 0.6) is 11.5 Å². The van der Waals surface area contributed by atoms with Crippen molar-refractivity contribution in [3.8, 4) is 11.5 Å². The van der Waals surface area contributed by atoms with Crippen LogP contribution in [0.15, 0.2) is 48.5 Å². The molecule has 0 spiro atoms. The topological polar surface area (TPSA) is 75.7 Å². The normalized spacial score (nSPS) is 10.6. The standard InChI is InChI=1S/C18H15ClO5/c1-23-17-10-13(5-9-16(17)24-11-18(21)22)15(20)8-4-12-2-6-14(19)7-3-12/h2-10H,11H2,1H3,(H,21,22)/p-1/b8-4+. The summed E-state index contributed by atoms with van der Waals surface area (Å²) in [5.41, 5.74) is 1.23. The molecule has 0 aliphatic heterocycles. The van der Waals surface area contributed by atoms with Gasteiger partial charge in [0.15, 0.2) is 17.3 Å². The van der Waals surface area contributed by atoms with Crippen LogP contribution in [0.25, 0.3) is 6.08 Å². The van der Waals surface area contributed by atoms with Gasteiger partial charge in [-0.15, -0.1) is 0 Å². The van der Waals surface area contributed by atoms with Gasteiger partial charge in [-0.25, -0.2) is 0 Å². The van der Waals surface area contributed by atoms with Crippen molar-refractivity contribution in [1.29, 1.82) is 0 Å². The van der Waals surface area contributed by atoms with E-state index < -0.39 is 12.6 Å². The van der Waals surface area contributed by atoms with Crippen molar-refractivity contribution >= 4 is 29.4 Å². The second-order valence-electron chi connectivity index (χ2n) is 4.78. The number of benzene rings is 2. The summed E-state index contributed by atoms with van der Waals surface area (Å²) >= 11 is 5.81. The van der Waals surface area contributed by atoms with Gasteiger partial charge in [0, 0.05) is 10.6 Å². The van der Waals surface area contributed by atoms with Crippen LogP contribution in [0.2, 0.25) is 5.02 Å². The summed E-state index contributed by atoms with van der Waals surface area (Å²) in [7, 11) is 1.40. The van der Waals surface area contributed by atoms with Gasteiger partial charge >= 0.3 is 0 Å². The van der Waals surface area contributed by atoms with Gasteiger partial charge in [-0.2, -0.15) is 0 Å². The van der Waals surface area contributed by atoms with Crippen molar-refractivity contribution in [1.82, 2.24) is 0 Å². The number of ketones is 1. The minimum absolute atomic E-state index is 0.222. The first-order valence-electron chi connectivity index (χ1n) is 6.98. The van der Waals surface area contributed by atoms with E-state index in [1.165, 1.54) is 31.4 Å². The van der Waals surface area contributed by atoms with Gasteiger partial charge in [-0.05, 0) is 42.0 Å². The second-order valence-corrected chi connectivity index (χ2v) is 5.21. The molecule has 0 bridgehead atoms. The highest BCUT2D eigenvalue weighted by Gasteiger charge is 2.09. The first-order valence-corrected chi connectivity index (χ1v) is 7.36. The fourth-order valence-corrected chi connectivity index (χ4v) is 2.04. The molecular formula is C18H14ClO5-. The van der Waals surface area contributed by atoms with E-state index in [-0.39, 0.29) is 17.3 Å². The highest BCUT2D eigenvalue weighted by molar-refractivity contribution is 6.30. The zero-order valence-electron chi connectivity index (χ0n) is 12.8. The number of methoxy groups -OCH3 is 1. The quantitative estimate of drug-likeness (QED) is 0.569. The third-order valence-corrected chi connectivity index (χ3v) is 3.34. The summed E-state index contributed by atoms with van der Waals surface area (Å²) in [4.78, 5) is 22.7. The van der Waals surface area contributed by atoms with E-state index >= 15 is 0 Å². The smallest absolute Gasteiger partial charge is 0.185 e. The van der Waals surface area contributed by atoms with E-state index in [0.717, 1.165) is 5.56 Å². The van der Waals surface area contributed by atoms with Crippen molar-refractivity contribution in [2.45, 2.75) is 0 Å². The van der Waals surface area contributed by atoms with Crippen LogP contribution in [0.4, 0.5) is 0 Å². The van der Waals surface area contributed by atoms with E-state index in [0.29, 0.717) is 10.6 Å². The number of carboxylic acid groups (broad SMARTS) is 1. The van der Waals surface area contributed by atoms with Crippen LogP contribution in [0.1, 0.15) is 15.9 Å². The highest BCUT2D eigenvalue weighted by atomic mass is 35.5. The van der Waals surface area contributed by atoms with Gasteiger partial charge in [0.2, 0.25) is 0 Å². The molecule has 0 fully saturated rings. The van der Waals surface area contributed by atoms with Crippen molar-refractivity contribution in [2.24, 2.45) is 0 Å². The molecule has 0 N–H and O–H groups in total. The maximum absolute atomic E-state index is 12.2. The SMILES string of the molecule is COc1cc(C(=O)/C=C/c2ccc(Cl)cc2)ccc1OCC(=O)[O-]. The molecule has 0 aliphatic carbocycles. The minimum atomic E-state index is -1.34. The largest absolute Gasteiger partial charge is 0.546 e. The third-order valence-electron chi connectivity index (χ3n) is 3.09. The van der Waals surface area contributed by atoms with Crippen molar-refractivity contribution in [2.75, 3.05) is 13.7 Å². The first kappa shape index (κ1) is 17.6. The summed E-state index contributed by atoms with van der Waals surface area (Å²) in [6.45, 7) is -0.597. The number of carbonyl (C=O) groups excluding carboxylic acids is 2. The number of hydrogen-bond acceptors (Lipinski definition) is 5. The number of aliphatic carboxylic acids is 1. The van der Waals surface area contributed by atoms with Crippen molar-refractivity contribution in [3.05, 3.63) is 64.7 Å². The summed E-state index contributed by atoms with van der Waals surface area (Å²) in [6, 6.07) is 11.6. The molecule has 24 heavy (non-hydrogen) atoms. The van der Waals surface area contributed by atoms with Gasteiger partial charge < -0.3 is 19.4 Å². The van der Waals surface area contributed by atoms with E-state index in [4.69, 9.17) is 21.1 Å². The molecule has 0 amide bonds. The lowest BCUT2D eigenvalue weighted by Gasteiger charge is -2.11. The molecule has 0 atom stereocenters. The van der Waals surface area contributed by atoms with Crippen LogP contribution in [-0.2, 0) is 4.79 Å². The molecule has 6 heteroatoms. The van der Waals surface area contributed by atoms with Crippen LogP contribution in [0, 0.1) is 0 Å².